The second-order valence-corrected chi connectivity index (χ2v) is 12.1. The average Bonchev–Trinajstić information content (AvgIpc) is 3.70. The standard InChI is InChI=1S/C43H26N4O/c1-2-12-28(13-3-1)41-44-42(46-43(45-41)47-37-19-8-6-15-33(37)34-16-7-9-20-38(34)47)31-23-24-39-36(26-31)35-18-10-17-32(40(35)48-39)30-22-21-27-11-4-5-14-29(27)25-30/h1-26H. The number of furan rings is 1. The Kier molecular flexibility index (Phi) is 5.81. The summed E-state index contributed by atoms with van der Waals surface area (Å²) in [5.41, 5.74) is 7.80. The zero-order valence-electron chi connectivity index (χ0n) is 25.7. The monoisotopic (exact) mass is 614 g/mol. The van der Waals surface area contributed by atoms with E-state index in [1.807, 2.05) is 42.5 Å². The van der Waals surface area contributed by atoms with Crippen molar-refractivity contribution in [3.05, 3.63) is 158 Å². The summed E-state index contributed by atoms with van der Waals surface area (Å²) >= 11 is 0. The molecule has 10 rings (SSSR count). The smallest absolute Gasteiger partial charge is 0.238 e. The molecule has 5 heteroatoms. The zero-order valence-corrected chi connectivity index (χ0v) is 25.7. The van der Waals surface area contributed by atoms with Crippen LogP contribution in [0.2, 0.25) is 0 Å². The van der Waals surface area contributed by atoms with E-state index < -0.39 is 0 Å². The summed E-state index contributed by atoms with van der Waals surface area (Å²) in [7, 11) is 0. The third-order valence-electron chi connectivity index (χ3n) is 9.25. The SMILES string of the molecule is c1ccc(-c2nc(-c3ccc4oc5c(-c6ccc7ccccc7c6)cccc5c4c3)nc(-n3c4ccccc4c4ccccc43)n2)cc1. The molecule has 0 aliphatic carbocycles. The first-order valence-corrected chi connectivity index (χ1v) is 16.0. The summed E-state index contributed by atoms with van der Waals surface area (Å²) in [5, 5.41) is 6.81. The lowest BCUT2D eigenvalue weighted by molar-refractivity contribution is 0.670. The average molecular weight is 615 g/mol. The molecule has 3 aromatic heterocycles. The molecule has 0 atom stereocenters. The van der Waals surface area contributed by atoms with Crippen LogP contribution in [0.1, 0.15) is 0 Å². The van der Waals surface area contributed by atoms with Crippen molar-refractivity contribution in [2.75, 3.05) is 0 Å². The first-order valence-electron chi connectivity index (χ1n) is 16.0. The Hall–Kier alpha value is -6.59. The summed E-state index contributed by atoms with van der Waals surface area (Å²) in [6.07, 6.45) is 0. The van der Waals surface area contributed by atoms with Crippen molar-refractivity contribution in [3.8, 4) is 39.9 Å². The zero-order chi connectivity index (χ0) is 31.6. The molecule has 0 fully saturated rings. The molecule has 10 aromatic rings. The summed E-state index contributed by atoms with van der Waals surface area (Å²) < 4.78 is 8.70. The van der Waals surface area contributed by atoms with Crippen LogP contribution in [0, 0.1) is 0 Å². The summed E-state index contributed by atoms with van der Waals surface area (Å²) in [6.45, 7) is 0. The molecule has 0 saturated heterocycles. The van der Waals surface area contributed by atoms with Gasteiger partial charge in [-0.25, -0.2) is 4.98 Å². The van der Waals surface area contributed by atoms with Gasteiger partial charge < -0.3 is 4.42 Å². The second-order valence-electron chi connectivity index (χ2n) is 12.1. The van der Waals surface area contributed by atoms with Gasteiger partial charge in [-0.3, -0.25) is 4.57 Å². The molecular weight excluding hydrogens is 589 g/mol. The van der Waals surface area contributed by atoms with Gasteiger partial charge in [0, 0.05) is 38.2 Å². The number of benzene rings is 7. The van der Waals surface area contributed by atoms with Crippen LogP contribution in [0.15, 0.2) is 162 Å². The highest BCUT2D eigenvalue weighted by atomic mass is 16.3. The fourth-order valence-corrected chi connectivity index (χ4v) is 6.97. The van der Waals surface area contributed by atoms with Crippen LogP contribution in [0.5, 0.6) is 0 Å². The van der Waals surface area contributed by atoms with E-state index in [1.54, 1.807) is 0 Å². The van der Waals surface area contributed by atoms with Crippen LogP contribution in [0.4, 0.5) is 0 Å². The van der Waals surface area contributed by atoms with Crippen molar-refractivity contribution in [1.29, 1.82) is 0 Å². The first-order chi connectivity index (χ1) is 23.8. The largest absolute Gasteiger partial charge is 0.455 e. The molecule has 7 aromatic carbocycles. The number of fused-ring (bicyclic) bond motifs is 7. The lowest BCUT2D eigenvalue weighted by Gasteiger charge is -2.11. The van der Waals surface area contributed by atoms with Gasteiger partial charge in [0.05, 0.1) is 11.0 Å². The minimum atomic E-state index is 0.576. The molecule has 0 unspecified atom stereocenters. The molecule has 0 amide bonds. The van der Waals surface area contributed by atoms with Gasteiger partial charge in [0.1, 0.15) is 11.2 Å². The van der Waals surface area contributed by atoms with Gasteiger partial charge in [0.15, 0.2) is 11.6 Å². The molecule has 0 aliphatic heterocycles. The van der Waals surface area contributed by atoms with Gasteiger partial charge in [-0.05, 0) is 52.7 Å². The van der Waals surface area contributed by atoms with Crippen molar-refractivity contribution in [3.63, 3.8) is 0 Å². The third-order valence-corrected chi connectivity index (χ3v) is 9.25. The maximum atomic E-state index is 6.56. The Morgan fingerprint density at radius 2 is 1.06 bits per heavy atom. The van der Waals surface area contributed by atoms with E-state index in [-0.39, 0.29) is 0 Å². The Bertz CT molecular complexity index is 2800. The van der Waals surface area contributed by atoms with E-state index in [4.69, 9.17) is 19.4 Å². The van der Waals surface area contributed by atoms with Gasteiger partial charge >= 0.3 is 0 Å². The Morgan fingerprint density at radius 3 is 1.85 bits per heavy atom. The predicted octanol–water partition coefficient (Wildman–Crippen LogP) is 11.0. The van der Waals surface area contributed by atoms with Crippen LogP contribution in [0.25, 0.3) is 94.4 Å². The molecule has 5 nitrogen and oxygen atoms in total. The molecule has 0 spiro atoms. The number of para-hydroxylation sites is 3. The van der Waals surface area contributed by atoms with Crippen molar-refractivity contribution >= 4 is 54.5 Å². The van der Waals surface area contributed by atoms with Crippen LogP contribution >= 0.6 is 0 Å². The molecule has 224 valence electrons. The summed E-state index contributed by atoms with van der Waals surface area (Å²) in [5.74, 6) is 1.79. The fourth-order valence-electron chi connectivity index (χ4n) is 6.97. The Labute approximate surface area is 275 Å². The van der Waals surface area contributed by atoms with Gasteiger partial charge in [0.2, 0.25) is 5.95 Å². The Balaban J connectivity index is 1.18. The molecule has 48 heavy (non-hydrogen) atoms. The predicted molar refractivity (Wildman–Crippen MR) is 195 cm³/mol. The summed E-state index contributed by atoms with van der Waals surface area (Å²) in [4.78, 5) is 15.3. The number of aromatic nitrogens is 4. The maximum Gasteiger partial charge on any atom is 0.238 e. The normalized spacial score (nSPS) is 11.8. The minimum absolute atomic E-state index is 0.576. The second kappa shape index (κ2) is 10.5. The van der Waals surface area contributed by atoms with Crippen LogP contribution in [-0.2, 0) is 0 Å². The van der Waals surface area contributed by atoms with E-state index in [1.165, 1.54) is 10.8 Å². The van der Waals surface area contributed by atoms with E-state index in [9.17, 15) is 0 Å². The molecule has 0 N–H and O–H groups in total. The minimum Gasteiger partial charge on any atom is -0.455 e. The molecule has 0 radical (unpaired) electrons. The highest BCUT2D eigenvalue weighted by molar-refractivity contribution is 6.11. The van der Waals surface area contributed by atoms with Crippen molar-refractivity contribution in [1.82, 2.24) is 19.5 Å². The number of hydrogen-bond donors (Lipinski definition) is 0. The van der Waals surface area contributed by atoms with E-state index in [2.05, 4.69) is 120 Å². The lowest BCUT2D eigenvalue weighted by Crippen LogP contribution is -2.06. The number of rotatable bonds is 4. The van der Waals surface area contributed by atoms with Crippen LogP contribution < -0.4 is 0 Å². The highest BCUT2D eigenvalue weighted by Crippen LogP contribution is 2.38. The Morgan fingerprint density at radius 1 is 0.417 bits per heavy atom. The topological polar surface area (TPSA) is 56.7 Å². The molecule has 0 aliphatic rings. The fraction of sp³-hybridized carbons (Fsp3) is 0. The lowest BCUT2D eigenvalue weighted by atomic mass is 9.99. The van der Waals surface area contributed by atoms with E-state index in [0.29, 0.717) is 17.6 Å². The number of hydrogen-bond acceptors (Lipinski definition) is 4. The molecular formula is C43H26N4O. The quantitative estimate of drug-likeness (QED) is 0.198. The van der Waals surface area contributed by atoms with Crippen molar-refractivity contribution in [2.45, 2.75) is 0 Å². The maximum absolute atomic E-state index is 6.56. The van der Waals surface area contributed by atoms with Gasteiger partial charge in [-0.2, -0.15) is 9.97 Å². The third kappa shape index (κ3) is 4.15. The van der Waals surface area contributed by atoms with Gasteiger partial charge in [-0.15, -0.1) is 0 Å². The molecule has 0 bridgehead atoms. The van der Waals surface area contributed by atoms with Crippen LogP contribution in [-0.4, -0.2) is 19.5 Å². The van der Waals surface area contributed by atoms with Gasteiger partial charge in [-0.1, -0.05) is 121 Å². The van der Waals surface area contributed by atoms with Crippen LogP contribution in [0.3, 0.4) is 0 Å². The number of nitrogens with zero attached hydrogens (tertiary/aromatic N) is 4. The molecule has 0 saturated carbocycles. The summed E-state index contributed by atoms with van der Waals surface area (Å²) in [6, 6.07) is 54.5. The van der Waals surface area contributed by atoms with E-state index >= 15 is 0 Å². The van der Waals surface area contributed by atoms with Crippen molar-refractivity contribution < 1.29 is 4.42 Å². The molecule has 3 heterocycles. The van der Waals surface area contributed by atoms with Crippen molar-refractivity contribution in [2.24, 2.45) is 0 Å². The van der Waals surface area contributed by atoms with Gasteiger partial charge in [0.25, 0.3) is 0 Å². The highest BCUT2D eigenvalue weighted by Gasteiger charge is 2.19. The van der Waals surface area contributed by atoms with E-state index in [0.717, 1.165) is 66.0 Å². The first kappa shape index (κ1) is 26.6.